The second-order valence-electron chi connectivity index (χ2n) is 3.15. The lowest BCUT2D eigenvalue weighted by Gasteiger charge is -2.17. The molecule has 0 bridgehead atoms. The first-order valence-corrected chi connectivity index (χ1v) is 4.36. The Balaban J connectivity index is 2.57. The number of nitrogens with zero attached hydrogens (tertiary/aromatic N) is 2. The summed E-state index contributed by atoms with van der Waals surface area (Å²) in [6.07, 6.45) is 3.02. The van der Waals surface area contributed by atoms with Crippen molar-refractivity contribution in [3.05, 3.63) is 18.6 Å². The normalized spacial score (nSPS) is 14.4. The molecule has 1 rings (SSSR count). The molecule has 0 aliphatic carbocycles. The molecule has 1 aromatic heterocycles. The van der Waals surface area contributed by atoms with Crippen LogP contribution in [0.3, 0.4) is 0 Å². The number of nitrogens with one attached hydrogen (secondary N) is 1. The maximum Gasteiger partial charge on any atom is 0.308 e. The van der Waals surface area contributed by atoms with Crippen molar-refractivity contribution in [1.29, 1.82) is 0 Å². The van der Waals surface area contributed by atoms with Gasteiger partial charge in [0.1, 0.15) is 12.1 Å². The molecule has 0 saturated carbocycles. The predicted molar refractivity (Wildman–Crippen MR) is 51.9 cm³/mol. The summed E-state index contributed by atoms with van der Waals surface area (Å²) in [6.45, 7) is 3.46. The van der Waals surface area contributed by atoms with E-state index in [-0.39, 0.29) is 6.04 Å². The third kappa shape index (κ3) is 2.69. The van der Waals surface area contributed by atoms with Gasteiger partial charge in [-0.2, -0.15) is 0 Å². The van der Waals surface area contributed by atoms with Crippen LogP contribution >= 0.6 is 0 Å². The zero-order valence-corrected chi connectivity index (χ0v) is 8.14. The Morgan fingerprint density at radius 3 is 2.79 bits per heavy atom. The summed E-state index contributed by atoms with van der Waals surface area (Å²) >= 11 is 0. The fourth-order valence-electron chi connectivity index (χ4n) is 0.948. The number of rotatable bonds is 4. The molecular weight excluding hydrogens is 182 g/mol. The second kappa shape index (κ2) is 4.55. The van der Waals surface area contributed by atoms with Gasteiger partial charge in [-0.15, -0.1) is 0 Å². The van der Waals surface area contributed by atoms with E-state index < -0.39 is 11.9 Å². The summed E-state index contributed by atoms with van der Waals surface area (Å²) < 4.78 is 0. The highest BCUT2D eigenvalue weighted by molar-refractivity contribution is 5.70. The van der Waals surface area contributed by atoms with E-state index in [1.54, 1.807) is 26.1 Å². The summed E-state index contributed by atoms with van der Waals surface area (Å²) in [5, 5.41) is 11.7. The number of hydrogen-bond acceptors (Lipinski definition) is 4. The largest absolute Gasteiger partial charge is 0.481 e. The van der Waals surface area contributed by atoms with Gasteiger partial charge >= 0.3 is 5.97 Å². The smallest absolute Gasteiger partial charge is 0.308 e. The summed E-state index contributed by atoms with van der Waals surface area (Å²) in [4.78, 5) is 18.4. The molecule has 5 nitrogen and oxygen atoms in total. The van der Waals surface area contributed by atoms with E-state index in [0.717, 1.165) is 0 Å². The Morgan fingerprint density at radius 2 is 2.29 bits per heavy atom. The minimum atomic E-state index is -0.820. The van der Waals surface area contributed by atoms with Crippen LogP contribution in [0.15, 0.2) is 18.6 Å². The first-order valence-electron chi connectivity index (χ1n) is 4.36. The van der Waals surface area contributed by atoms with Gasteiger partial charge < -0.3 is 10.4 Å². The molecule has 5 heteroatoms. The van der Waals surface area contributed by atoms with Crippen LogP contribution in [0, 0.1) is 5.92 Å². The number of carboxylic acid groups (broad SMARTS) is 1. The summed E-state index contributed by atoms with van der Waals surface area (Å²) in [7, 11) is 0. The minimum Gasteiger partial charge on any atom is -0.481 e. The molecule has 1 aromatic rings. The third-order valence-electron chi connectivity index (χ3n) is 2.10. The first-order chi connectivity index (χ1) is 6.61. The van der Waals surface area contributed by atoms with Gasteiger partial charge in [0, 0.05) is 12.2 Å². The Bertz CT molecular complexity index is 302. The lowest BCUT2D eigenvalue weighted by molar-refractivity contribution is -0.141. The number of aliphatic carboxylic acids is 1. The highest BCUT2D eigenvalue weighted by atomic mass is 16.4. The maximum absolute atomic E-state index is 10.7. The first kappa shape index (κ1) is 10.4. The van der Waals surface area contributed by atoms with Gasteiger partial charge in [0.15, 0.2) is 0 Å². The van der Waals surface area contributed by atoms with Gasteiger partial charge in [-0.3, -0.25) is 4.79 Å². The van der Waals surface area contributed by atoms with Gasteiger partial charge in [0.25, 0.3) is 0 Å². The molecule has 0 spiro atoms. The standard InChI is InChI=1S/C9H13N3O2/c1-6(9(13)14)7(2)12-8-3-4-10-5-11-8/h3-7H,1-2H3,(H,13,14)(H,10,11,12). The lowest BCUT2D eigenvalue weighted by Crippen LogP contribution is -2.29. The summed E-state index contributed by atoms with van der Waals surface area (Å²) in [5.41, 5.74) is 0. The molecule has 1 heterocycles. The minimum absolute atomic E-state index is 0.164. The van der Waals surface area contributed by atoms with Gasteiger partial charge in [0.2, 0.25) is 0 Å². The van der Waals surface area contributed by atoms with Crippen LogP contribution in [0.4, 0.5) is 5.82 Å². The van der Waals surface area contributed by atoms with E-state index in [2.05, 4.69) is 15.3 Å². The number of hydrogen-bond donors (Lipinski definition) is 2. The fraction of sp³-hybridized carbons (Fsp3) is 0.444. The molecule has 0 fully saturated rings. The van der Waals surface area contributed by atoms with E-state index in [4.69, 9.17) is 5.11 Å². The molecule has 0 aliphatic heterocycles. The van der Waals surface area contributed by atoms with Gasteiger partial charge in [0.05, 0.1) is 5.92 Å². The zero-order chi connectivity index (χ0) is 10.6. The lowest BCUT2D eigenvalue weighted by atomic mass is 10.0. The van der Waals surface area contributed by atoms with Crippen LogP contribution < -0.4 is 5.32 Å². The Kier molecular flexibility index (Phi) is 3.39. The molecule has 14 heavy (non-hydrogen) atoms. The average Bonchev–Trinajstić information content (AvgIpc) is 2.18. The van der Waals surface area contributed by atoms with E-state index in [0.29, 0.717) is 5.82 Å². The summed E-state index contributed by atoms with van der Waals surface area (Å²) in [5.74, 6) is -0.635. The van der Waals surface area contributed by atoms with Crippen LogP contribution in [0.25, 0.3) is 0 Å². The number of carboxylic acids is 1. The molecular formula is C9H13N3O2. The zero-order valence-electron chi connectivity index (χ0n) is 8.14. The van der Waals surface area contributed by atoms with E-state index in [1.807, 2.05) is 0 Å². The third-order valence-corrected chi connectivity index (χ3v) is 2.10. The van der Waals surface area contributed by atoms with Crippen molar-refractivity contribution in [3.8, 4) is 0 Å². The van der Waals surface area contributed by atoms with E-state index >= 15 is 0 Å². The number of aromatic nitrogens is 2. The van der Waals surface area contributed by atoms with Crippen molar-refractivity contribution >= 4 is 11.8 Å². The van der Waals surface area contributed by atoms with Crippen molar-refractivity contribution < 1.29 is 9.90 Å². The van der Waals surface area contributed by atoms with E-state index in [9.17, 15) is 4.79 Å². The van der Waals surface area contributed by atoms with Crippen LogP contribution in [0.1, 0.15) is 13.8 Å². The van der Waals surface area contributed by atoms with Gasteiger partial charge in [-0.1, -0.05) is 0 Å². The molecule has 0 saturated heterocycles. The molecule has 76 valence electrons. The fourth-order valence-corrected chi connectivity index (χ4v) is 0.948. The SMILES string of the molecule is CC(Nc1ccncn1)C(C)C(=O)O. The van der Waals surface area contributed by atoms with Crippen molar-refractivity contribution in [1.82, 2.24) is 9.97 Å². The predicted octanol–water partition coefficient (Wildman–Crippen LogP) is 0.998. The Labute approximate surface area is 82.2 Å². The molecule has 0 aliphatic rings. The van der Waals surface area contributed by atoms with Crippen molar-refractivity contribution in [2.75, 3.05) is 5.32 Å². The van der Waals surface area contributed by atoms with Crippen LogP contribution in [-0.2, 0) is 4.79 Å². The van der Waals surface area contributed by atoms with Crippen LogP contribution in [0.2, 0.25) is 0 Å². The van der Waals surface area contributed by atoms with Crippen molar-refractivity contribution in [2.24, 2.45) is 5.92 Å². The van der Waals surface area contributed by atoms with Gasteiger partial charge in [-0.05, 0) is 19.9 Å². The molecule has 2 atom stereocenters. The highest BCUT2D eigenvalue weighted by Crippen LogP contribution is 2.09. The van der Waals surface area contributed by atoms with E-state index in [1.165, 1.54) is 6.33 Å². The molecule has 2 unspecified atom stereocenters. The quantitative estimate of drug-likeness (QED) is 0.749. The molecule has 0 radical (unpaired) electrons. The second-order valence-corrected chi connectivity index (χ2v) is 3.15. The summed E-state index contributed by atoms with van der Waals surface area (Å²) in [6, 6.07) is 1.54. The topological polar surface area (TPSA) is 75.1 Å². The van der Waals surface area contributed by atoms with Crippen LogP contribution in [-0.4, -0.2) is 27.1 Å². The average molecular weight is 195 g/mol. The highest BCUT2D eigenvalue weighted by Gasteiger charge is 2.18. The molecule has 2 N–H and O–H groups in total. The Hall–Kier alpha value is -1.65. The van der Waals surface area contributed by atoms with Gasteiger partial charge in [-0.25, -0.2) is 9.97 Å². The number of anilines is 1. The number of carbonyl (C=O) groups is 1. The molecule has 0 amide bonds. The van der Waals surface area contributed by atoms with Crippen molar-refractivity contribution in [3.63, 3.8) is 0 Å². The molecule has 0 aromatic carbocycles. The monoisotopic (exact) mass is 195 g/mol. The van der Waals surface area contributed by atoms with Crippen LogP contribution in [0.5, 0.6) is 0 Å². The Morgan fingerprint density at radius 1 is 1.57 bits per heavy atom. The maximum atomic E-state index is 10.7. The van der Waals surface area contributed by atoms with Crippen molar-refractivity contribution in [2.45, 2.75) is 19.9 Å².